The zero-order valence-corrected chi connectivity index (χ0v) is 15.9. The summed E-state index contributed by atoms with van der Waals surface area (Å²) in [7, 11) is 1.71. The van der Waals surface area contributed by atoms with E-state index in [1.807, 2.05) is 6.21 Å². The molecule has 0 radical (unpaired) electrons. The van der Waals surface area contributed by atoms with Gasteiger partial charge in [0, 0.05) is 36.6 Å². The molecule has 1 fully saturated rings. The molecule has 0 spiro atoms. The van der Waals surface area contributed by atoms with Crippen LogP contribution in [0.5, 0.6) is 5.75 Å². The minimum absolute atomic E-state index is 0.584. The molecule has 1 aliphatic rings. The first-order valence-electron chi connectivity index (χ1n) is 9.36. The molecular weight excluding hydrogens is 324 g/mol. The maximum atomic E-state index is 5.58. The molecule has 0 bridgehead atoms. The average molecular weight is 352 g/mol. The number of hydrogen-bond acceptors (Lipinski definition) is 4. The fraction of sp³-hybridized carbons (Fsp3) is 0.409. The van der Waals surface area contributed by atoms with Gasteiger partial charge in [-0.15, -0.1) is 0 Å². The maximum absolute atomic E-state index is 5.58. The van der Waals surface area contributed by atoms with Gasteiger partial charge in [-0.25, -0.2) is 0 Å². The lowest BCUT2D eigenvalue weighted by atomic mass is 9.99. The van der Waals surface area contributed by atoms with Crippen molar-refractivity contribution < 1.29 is 9.47 Å². The third kappa shape index (κ3) is 4.44. The van der Waals surface area contributed by atoms with Crippen LogP contribution in [-0.4, -0.2) is 39.6 Å². The highest BCUT2D eigenvalue weighted by Gasteiger charge is 2.13. The van der Waals surface area contributed by atoms with Crippen LogP contribution in [0.3, 0.4) is 0 Å². The molecule has 3 rings (SSSR count). The van der Waals surface area contributed by atoms with Gasteiger partial charge in [0.15, 0.2) is 0 Å². The zero-order chi connectivity index (χ0) is 18.4. The van der Waals surface area contributed by atoms with Crippen molar-refractivity contribution in [3.8, 4) is 5.75 Å². The quantitative estimate of drug-likeness (QED) is 0.701. The van der Waals surface area contributed by atoms with Gasteiger partial charge in [0.2, 0.25) is 0 Å². The molecule has 4 nitrogen and oxygen atoms in total. The first-order chi connectivity index (χ1) is 12.7. The van der Waals surface area contributed by atoms with Crippen molar-refractivity contribution in [1.82, 2.24) is 0 Å². The van der Waals surface area contributed by atoms with Crippen LogP contribution in [0, 0.1) is 0 Å². The summed E-state index contributed by atoms with van der Waals surface area (Å²) in [6.07, 6.45) is 3.02. The van der Waals surface area contributed by atoms with E-state index >= 15 is 0 Å². The van der Waals surface area contributed by atoms with E-state index in [0.717, 1.165) is 49.7 Å². The van der Waals surface area contributed by atoms with Crippen molar-refractivity contribution in [1.29, 1.82) is 0 Å². The number of methoxy groups -OCH3 is 1. The molecule has 1 heterocycles. The van der Waals surface area contributed by atoms with Crippen LogP contribution < -0.4 is 9.64 Å². The van der Waals surface area contributed by atoms with Crippen LogP contribution in [0.15, 0.2) is 47.5 Å². The van der Waals surface area contributed by atoms with Crippen molar-refractivity contribution in [2.24, 2.45) is 4.99 Å². The molecule has 4 heteroatoms. The number of anilines is 1. The van der Waals surface area contributed by atoms with Gasteiger partial charge < -0.3 is 14.4 Å². The summed E-state index contributed by atoms with van der Waals surface area (Å²) in [5, 5.41) is 0. The Kier molecular flexibility index (Phi) is 6.29. The van der Waals surface area contributed by atoms with E-state index in [1.54, 1.807) is 7.11 Å². The minimum Gasteiger partial charge on any atom is -0.496 e. The SMILES string of the molecule is CC[C@@H](C)c1ccc(N=Cc2ccc(N3CCOCC3)cc2OC)cc1. The molecule has 1 saturated heterocycles. The van der Waals surface area contributed by atoms with E-state index in [2.05, 4.69) is 66.2 Å². The normalized spacial score (nSPS) is 16.0. The number of nitrogens with zero attached hydrogens (tertiary/aromatic N) is 2. The Balaban J connectivity index is 1.75. The zero-order valence-electron chi connectivity index (χ0n) is 15.9. The number of aliphatic imine (C=N–C) groups is 1. The van der Waals surface area contributed by atoms with Crippen molar-refractivity contribution in [2.75, 3.05) is 38.3 Å². The number of ether oxygens (including phenoxy) is 2. The highest BCUT2D eigenvalue weighted by molar-refractivity contribution is 5.86. The van der Waals surface area contributed by atoms with Crippen LogP contribution in [0.1, 0.15) is 37.3 Å². The lowest BCUT2D eigenvalue weighted by Gasteiger charge is -2.29. The summed E-state index contributed by atoms with van der Waals surface area (Å²) < 4.78 is 11.0. The smallest absolute Gasteiger partial charge is 0.129 e. The molecule has 1 atom stereocenters. The Labute approximate surface area is 156 Å². The van der Waals surface area contributed by atoms with Gasteiger partial charge in [-0.2, -0.15) is 0 Å². The van der Waals surface area contributed by atoms with E-state index in [4.69, 9.17) is 9.47 Å². The Bertz CT molecular complexity index is 734. The summed E-state index contributed by atoms with van der Waals surface area (Å²) in [5.74, 6) is 1.43. The van der Waals surface area contributed by atoms with E-state index in [1.165, 1.54) is 11.3 Å². The lowest BCUT2D eigenvalue weighted by molar-refractivity contribution is 0.122. The maximum Gasteiger partial charge on any atom is 0.129 e. The van der Waals surface area contributed by atoms with Crippen molar-refractivity contribution in [3.63, 3.8) is 0 Å². The predicted octanol–water partition coefficient (Wildman–Crippen LogP) is 4.80. The van der Waals surface area contributed by atoms with Gasteiger partial charge in [-0.1, -0.05) is 26.0 Å². The number of benzene rings is 2. The average Bonchev–Trinajstić information content (AvgIpc) is 2.72. The summed E-state index contributed by atoms with van der Waals surface area (Å²) in [6.45, 7) is 7.84. The van der Waals surface area contributed by atoms with Gasteiger partial charge in [-0.3, -0.25) is 4.99 Å². The van der Waals surface area contributed by atoms with E-state index in [-0.39, 0.29) is 0 Å². The Morgan fingerprint density at radius 1 is 1.15 bits per heavy atom. The molecule has 26 heavy (non-hydrogen) atoms. The Hall–Kier alpha value is -2.33. The molecule has 0 amide bonds. The second-order valence-electron chi connectivity index (χ2n) is 6.68. The van der Waals surface area contributed by atoms with E-state index < -0.39 is 0 Å². The van der Waals surface area contributed by atoms with Crippen LogP contribution in [0.2, 0.25) is 0 Å². The molecule has 0 aliphatic carbocycles. The van der Waals surface area contributed by atoms with Gasteiger partial charge in [0.25, 0.3) is 0 Å². The topological polar surface area (TPSA) is 34.1 Å². The fourth-order valence-electron chi connectivity index (χ4n) is 3.09. The standard InChI is InChI=1S/C22H28N2O2/c1-4-17(2)18-5-8-20(9-6-18)23-16-19-7-10-21(15-22(19)25-3)24-11-13-26-14-12-24/h5-10,15-17H,4,11-14H2,1-3H3/t17-/m1/s1. The number of rotatable bonds is 6. The first kappa shape index (κ1) is 18.5. The number of morpholine rings is 1. The summed E-state index contributed by atoms with van der Waals surface area (Å²) in [4.78, 5) is 6.93. The Morgan fingerprint density at radius 2 is 1.88 bits per heavy atom. The third-order valence-corrected chi connectivity index (χ3v) is 5.02. The molecule has 2 aromatic rings. The van der Waals surface area contributed by atoms with Crippen LogP contribution >= 0.6 is 0 Å². The highest BCUT2D eigenvalue weighted by Crippen LogP contribution is 2.26. The molecule has 0 N–H and O–H groups in total. The molecule has 138 valence electrons. The van der Waals surface area contributed by atoms with Crippen LogP contribution in [0.25, 0.3) is 0 Å². The number of hydrogen-bond donors (Lipinski definition) is 0. The highest BCUT2D eigenvalue weighted by atomic mass is 16.5. The lowest BCUT2D eigenvalue weighted by Crippen LogP contribution is -2.36. The largest absolute Gasteiger partial charge is 0.496 e. The van der Waals surface area contributed by atoms with E-state index in [9.17, 15) is 0 Å². The summed E-state index contributed by atoms with van der Waals surface area (Å²) >= 11 is 0. The van der Waals surface area contributed by atoms with Gasteiger partial charge in [-0.05, 0) is 42.2 Å². The van der Waals surface area contributed by atoms with Gasteiger partial charge in [0.05, 0.1) is 26.0 Å². The van der Waals surface area contributed by atoms with E-state index in [0.29, 0.717) is 5.92 Å². The van der Waals surface area contributed by atoms with Crippen molar-refractivity contribution in [2.45, 2.75) is 26.2 Å². The third-order valence-electron chi connectivity index (χ3n) is 5.02. The Morgan fingerprint density at radius 3 is 2.54 bits per heavy atom. The molecule has 0 aromatic heterocycles. The second kappa shape index (κ2) is 8.86. The molecule has 1 aliphatic heterocycles. The summed E-state index contributed by atoms with van der Waals surface area (Å²) in [6, 6.07) is 14.8. The monoisotopic (exact) mass is 352 g/mol. The van der Waals surface area contributed by atoms with Crippen molar-refractivity contribution in [3.05, 3.63) is 53.6 Å². The predicted molar refractivity (Wildman–Crippen MR) is 108 cm³/mol. The van der Waals surface area contributed by atoms with Crippen LogP contribution in [0.4, 0.5) is 11.4 Å². The molecule has 2 aromatic carbocycles. The fourth-order valence-corrected chi connectivity index (χ4v) is 3.09. The van der Waals surface area contributed by atoms with Crippen LogP contribution in [-0.2, 0) is 4.74 Å². The molecular formula is C22H28N2O2. The molecule has 0 saturated carbocycles. The minimum atomic E-state index is 0.584. The first-order valence-corrected chi connectivity index (χ1v) is 9.36. The molecule has 0 unspecified atom stereocenters. The van der Waals surface area contributed by atoms with Crippen molar-refractivity contribution >= 4 is 17.6 Å². The summed E-state index contributed by atoms with van der Waals surface area (Å²) in [5.41, 5.74) is 4.46. The van der Waals surface area contributed by atoms with Gasteiger partial charge in [0.1, 0.15) is 5.75 Å². The second-order valence-corrected chi connectivity index (χ2v) is 6.68. The van der Waals surface area contributed by atoms with Gasteiger partial charge >= 0.3 is 0 Å².